The summed E-state index contributed by atoms with van der Waals surface area (Å²) >= 11 is 0. The minimum absolute atomic E-state index is 0.133. The van der Waals surface area contributed by atoms with Gasteiger partial charge in [-0.05, 0) is 6.42 Å². The molecule has 0 spiro atoms. The molecule has 10 heavy (non-hydrogen) atoms. The Kier molecular flexibility index (Phi) is 2.65. The average molecular weight is 143 g/mol. The van der Waals surface area contributed by atoms with E-state index in [0.29, 0.717) is 0 Å². The van der Waals surface area contributed by atoms with Crippen molar-refractivity contribution in [2.75, 3.05) is 20.1 Å². The lowest BCUT2D eigenvalue weighted by atomic mass is 10.0. The summed E-state index contributed by atoms with van der Waals surface area (Å²) in [5, 5.41) is 2.63. The summed E-state index contributed by atoms with van der Waals surface area (Å²) in [4.78, 5) is 11.0. The quantitative estimate of drug-likeness (QED) is 0.434. The van der Waals surface area contributed by atoms with Crippen LogP contribution in [-0.2, 0) is 4.79 Å². The Balaban J connectivity index is 2.31. The number of hydrazine groups is 1. The van der Waals surface area contributed by atoms with E-state index in [0.717, 1.165) is 19.5 Å². The first kappa shape index (κ1) is 7.50. The number of carbonyl (C=O) groups excluding carboxylic acids is 1. The molecule has 0 aromatic heterocycles. The largest absolute Gasteiger partial charge is 0.359 e. The number of amides is 1. The summed E-state index contributed by atoms with van der Waals surface area (Å²) in [5.74, 6) is 0.278. The Morgan fingerprint density at radius 2 is 2.40 bits per heavy atom. The average Bonchev–Trinajstić information content (AvgIpc) is 2.05. The van der Waals surface area contributed by atoms with Crippen LogP contribution in [0.2, 0.25) is 0 Å². The van der Waals surface area contributed by atoms with E-state index in [4.69, 9.17) is 0 Å². The van der Waals surface area contributed by atoms with Gasteiger partial charge in [-0.15, -0.1) is 0 Å². The Labute approximate surface area is 60.3 Å². The van der Waals surface area contributed by atoms with Gasteiger partial charge in [-0.1, -0.05) is 0 Å². The molecule has 4 heteroatoms. The zero-order chi connectivity index (χ0) is 7.40. The van der Waals surface area contributed by atoms with E-state index in [1.807, 2.05) is 0 Å². The zero-order valence-corrected chi connectivity index (χ0v) is 6.11. The van der Waals surface area contributed by atoms with Crippen molar-refractivity contribution in [3.63, 3.8) is 0 Å². The van der Waals surface area contributed by atoms with Gasteiger partial charge >= 0.3 is 0 Å². The second-order valence-electron chi connectivity index (χ2n) is 2.41. The first-order valence-corrected chi connectivity index (χ1v) is 3.52. The Hall–Kier alpha value is -0.610. The molecule has 0 saturated carbocycles. The molecule has 0 aliphatic carbocycles. The van der Waals surface area contributed by atoms with Gasteiger partial charge in [0.15, 0.2) is 0 Å². The molecule has 4 nitrogen and oxygen atoms in total. The topological polar surface area (TPSA) is 53.2 Å². The summed E-state index contributed by atoms with van der Waals surface area (Å²) in [6, 6.07) is 0. The summed E-state index contributed by atoms with van der Waals surface area (Å²) in [6.45, 7) is 1.61. The predicted molar refractivity (Wildman–Crippen MR) is 38.2 cm³/mol. The van der Waals surface area contributed by atoms with Crippen molar-refractivity contribution in [1.29, 1.82) is 0 Å². The summed E-state index contributed by atoms with van der Waals surface area (Å²) in [7, 11) is 1.67. The molecule has 1 aliphatic rings. The Morgan fingerprint density at radius 3 is 2.90 bits per heavy atom. The number of carbonyl (C=O) groups is 1. The highest BCUT2D eigenvalue weighted by Gasteiger charge is 2.18. The number of hydrogen-bond acceptors (Lipinski definition) is 3. The van der Waals surface area contributed by atoms with Crippen molar-refractivity contribution in [3.8, 4) is 0 Å². The number of nitrogens with one attached hydrogen (secondary N) is 3. The second kappa shape index (κ2) is 3.53. The molecule has 0 aromatic rings. The monoisotopic (exact) mass is 143 g/mol. The highest BCUT2D eigenvalue weighted by Crippen LogP contribution is 2.02. The normalized spacial score (nSPS) is 25.9. The van der Waals surface area contributed by atoms with Crippen LogP contribution in [0.5, 0.6) is 0 Å². The summed E-state index contributed by atoms with van der Waals surface area (Å²) < 4.78 is 0. The van der Waals surface area contributed by atoms with Gasteiger partial charge in [0.05, 0.1) is 5.92 Å². The van der Waals surface area contributed by atoms with E-state index in [-0.39, 0.29) is 11.8 Å². The molecule has 1 aliphatic heterocycles. The third-order valence-corrected chi connectivity index (χ3v) is 1.71. The molecule has 1 atom stereocenters. The molecule has 1 unspecified atom stereocenters. The van der Waals surface area contributed by atoms with Crippen LogP contribution in [0.25, 0.3) is 0 Å². The lowest BCUT2D eigenvalue weighted by Gasteiger charge is -2.21. The van der Waals surface area contributed by atoms with Gasteiger partial charge in [0, 0.05) is 20.1 Å². The zero-order valence-electron chi connectivity index (χ0n) is 6.11. The Bertz CT molecular complexity index is 120. The standard InChI is InChI=1S/C6H13N3O/c1-7-6(10)5-2-3-8-9-4-5/h5,8-9H,2-4H2,1H3,(H,7,10). The maximum Gasteiger partial charge on any atom is 0.224 e. The molecular formula is C6H13N3O. The minimum Gasteiger partial charge on any atom is -0.359 e. The van der Waals surface area contributed by atoms with Crippen LogP contribution < -0.4 is 16.2 Å². The lowest BCUT2D eigenvalue weighted by Crippen LogP contribution is -2.47. The molecule has 1 saturated heterocycles. The Morgan fingerprint density at radius 1 is 1.60 bits per heavy atom. The first-order valence-electron chi connectivity index (χ1n) is 3.52. The van der Waals surface area contributed by atoms with Crippen LogP contribution in [0, 0.1) is 5.92 Å². The van der Waals surface area contributed by atoms with Gasteiger partial charge in [-0.2, -0.15) is 0 Å². The van der Waals surface area contributed by atoms with Crippen LogP contribution in [0.15, 0.2) is 0 Å². The van der Waals surface area contributed by atoms with Crippen molar-refractivity contribution in [1.82, 2.24) is 16.2 Å². The molecule has 1 heterocycles. The number of rotatable bonds is 1. The van der Waals surface area contributed by atoms with Crippen molar-refractivity contribution < 1.29 is 4.79 Å². The van der Waals surface area contributed by atoms with Crippen LogP contribution in [0.1, 0.15) is 6.42 Å². The minimum atomic E-state index is 0.133. The van der Waals surface area contributed by atoms with Gasteiger partial charge in [0.1, 0.15) is 0 Å². The molecular weight excluding hydrogens is 130 g/mol. The third kappa shape index (κ3) is 1.68. The molecule has 1 fully saturated rings. The highest BCUT2D eigenvalue weighted by molar-refractivity contribution is 5.78. The predicted octanol–water partition coefficient (Wildman–Crippen LogP) is -1.15. The second-order valence-corrected chi connectivity index (χ2v) is 2.41. The fourth-order valence-electron chi connectivity index (χ4n) is 1.06. The van der Waals surface area contributed by atoms with E-state index in [9.17, 15) is 4.79 Å². The van der Waals surface area contributed by atoms with E-state index < -0.39 is 0 Å². The van der Waals surface area contributed by atoms with Crippen molar-refractivity contribution in [2.45, 2.75) is 6.42 Å². The van der Waals surface area contributed by atoms with Crippen molar-refractivity contribution >= 4 is 5.91 Å². The van der Waals surface area contributed by atoms with Gasteiger partial charge in [-0.3, -0.25) is 15.6 Å². The fourth-order valence-corrected chi connectivity index (χ4v) is 1.06. The summed E-state index contributed by atoms with van der Waals surface area (Å²) in [6.07, 6.45) is 0.923. The van der Waals surface area contributed by atoms with Crippen molar-refractivity contribution in [3.05, 3.63) is 0 Å². The SMILES string of the molecule is CNC(=O)C1CCNNC1. The fraction of sp³-hybridized carbons (Fsp3) is 0.833. The summed E-state index contributed by atoms with van der Waals surface area (Å²) in [5.41, 5.74) is 5.90. The molecule has 0 radical (unpaired) electrons. The van der Waals surface area contributed by atoms with E-state index in [1.165, 1.54) is 0 Å². The number of hydrogen-bond donors (Lipinski definition) is 3. The van der Waals surface area contributed by atoms with E-state index in [2.05, 4.69) is 16.2 Å². The maximum atomic E-state index is 11.0. The molecule has 3 N–H and O–H groups in total. The van der Waals surface area contributed by atoms with Crippen LogP contribution in [-0.4, -0.2) is 26.0 Å². The molecule has 1 amide bonds. The highest BCUT2D eigenvalue weighted by atomic mass is 16.1. The molecule has 1 rings (SSSR count). The maximum absolute atomic E-state index is 11.0. The lowest BCUT2D eigenvalue weighted by molar-refractivity contribution is -0.125. The van der Waals surface area contributed by atoms with Crippen molar-refractivity contribution in [2.24, 2.45) is 5.92 Å². The smallest absolute Gasteiger partial charge is 0.224 e. The van der Waals surface area contributed by atoms with Crippen LogP contribution in [0.4, 0.5) is 0 Å². The molecule has 0 aromatic carbocycles. The molecule has 58 valence electrons. The van der Waals surface area contributed by atoms with Gasteiger partial charge in [0.25, 0.3) is 0 Å². The van der Waals surface area contributed by atoms with E-state index in [1.54, 1.807) is 7.05 Å². The third-order valence-electron chi connectivity index (χ3n) is 1.71. The van der Waals surface area contributed by atoms with Gasteiger partial charge < -0.3 is 5.32 Å². The van der Waals surface area contributed by atoms with Gasteiger partial charge in [-0.25, -0.2) is 0 Å². The first-order chi connectivity index (χ1) is 4.84. The van der Waals surface area contributed by atoms with Crippen LogP contribution in [0.3, 0.4) is 0 Å². The van der Waals surface area contributed by atoms with Crippen LogP contribution >= 0.6 is 0 Å². The van der Waals surface area contributed by atoms with E-state index >= 15 is 0 Å². The van der Waals surface area contributed by atoms with Gasteiger partial charge in [0.2, 0.25) is 5.91 Å². The molecule has 0 bridgehead atoms.